The normalized spacial score (nSPS) is 14.3. The molecule has 0 atom stereocenters. The van der Waals surface area contributed by atoms with Crippen LogP contribution in [0.4, 0.5) is 24.5 Å². The molecule has 0 aromatic heterocycles. The van der Waals surface area contributed by atoms with Crippen LogP contribution in [-0.2, 0) is 20.9 Å². The molecular weight excluding hydrogens is 465 g/mol. The molecule has 0 spiro atoms. The van der Waals surface area contributed by atoms with Gasteiger partial charge in [0.05, 0.1) is 0 Å². The summed E-state index contributed by atoms with van der Waals surface area (Å²) in [5, 5.41) is 2.30. The van der Waals surface area contributed by atoms with Crippen LogP contribution in [0.2, 0.25) is 0 Å². The van der Waals surface area contributed by atoms with E-state index in [1.807, 2.05) is 0 Å². The number of hydrogen-bond donors (Lipinski definition) is 2. The fourth-order valence-electron chi connectivity index (χ4n) is 3.77. The van der Waals surface area contributed by atoms with Crippen LogP contribution < -0.4 is 16.0 Å². The number of hydrogen-bond acceptors (Lipinski definition) is 4. The lowest BCUT2D eigenvalue weighted by Gasteiger charge is -2.24. The molecule has 186 valence electrons. The van der Waals surface area contributed by atoms with Crippen molar-refractivity contribution in [2.75, 3.05) is 23.3 Å². The fourth-order valence-corrected chi connectivity index (χ4v) is 3.77. The average Bonchev–Trinajstić information content (AvgIpc) is 3.02. The van der Waals surface area contributed by atoms with Gasteiger partial charge in [0.15, 0.2) is 0 Å². The molecule has 2 aromatic carbocycles. The van der Waals surface area contributed by atoms with Crippen molar-refractivity contribution >= 4 is 35.0 Å². The Balaban J connectivity index is 1.72. The highest BCUT2D eigenvalue weighted by atomic mass is 19.4. The summed E-state index contributed by atoms with van der Waals surface area (Å²) in [6, 6.07) is 11.6. The summed E-state index contributed by atoms with van der Waals surface area (Å²) >= 11 is 0. The predicted octanol–water partition coefficient (Wildman–Crippen LogP) is 3.22. The Hall–Kier alpha value is -3.89. The van der Waals surface area contributed by atoms with Crippen LogP contribution in [0, 0.1) is 0 Å². The third kappa shape index (κ3) is 7.29. The molecule has 0 bridgehead atoms. The molecule has 1 saturated heterocycles. The molecule has 1 fully saturated rings. The molecule has 11 heteroatoms. The lowest BCUT2D eigenvalue weighted by Crippen LogP contribution is -2.44. The summed E-state index contributed by atoms with van der Waals surface area (Å²) in [5.74, 6) is -3.42. The van der Waals surface area contributed by atoms with E-state index in [0.29, 0.717) is 23.6 Å². The minimum absolute atomic E-state index is 0.00217. The highest BCUT2D eigenvalue weighted by Crippen LogP contribution is 2.23. The van der Waals surface area contributed by atoms with Gasteiger partial charge in [0, 0.05) is 36.4 Å². The molecule has 35 heavy (non-hydrogen) atoms. The van der Waals surface area contributed by atoms with Gasteiger partial charge >= 0.3 is 18.0 Å². The molecule has 0 saturated carbocycles. The molecule has 0 aliphatic carbocycles. The van der Waals surface area contributed by atoms with Crippen molar-refractivity contribution in [1.29, 1.82) is 0 Å². The van der Waals surface area contributed by atoms with E-state index in [0.717, 1.165) is 19.3 Å². The van der Waals surface area contributed by atoms with E-state index in [1.54, 1.807) is 17.0 Å². The van der Waals surface area contributed by atoms with E-state index in [4.69, 9.17) is 5.73 Å². The number of alkyl halides is 3. The van der Waals surface area contributed by atoms with Crippen molar-refractivity contribution in [1.82, 2.24) is 4.90 Å². The maximum absolute atomic E-state index is 13.1. The quantitative estimate of drug-likeness (QED) is 0.606. The molecule has 4 amide bonds. The molecule has 0 unspecified atom stereocenters. The van der Waals surface area contributed by atoms with Gasteiger partial charge in [-0.1, -0.05) is 18.6 Å². The smallest absolute Gasteiger partial charge is 0.366 e. The summed E-state index contributed by atoms with van der Waals surface area (Å²) in [7, 11) is 0. The number of rotatable bonds is 6. The van der Waals surface area contributed by atoms with Crippen LogP contribution in [0.25, 0.3) is 0 Å². The predicted molar refractivity (Wildman–Crippen MR) is 122 cm³/mol. The largest absolute Gasteiger partial charge is 0.406 e. The lowest BCUT2D eigenvalue weighted by molar-refractivity contribution is -0.164. The third-order valence-electron chi connectivity index (χ3n) is 5.45. The van der Waals surface area contributed by atoms with E-state index < -0.39 is 37.0 Å². The molecule has 3 N–H and O–H groups in total. The lowest BCUT2D eigenvalue weighted by atomic mass is 10.1. The number of anilines is 2. The van der Waals surface area contributed by atoms with Gasteiger partial charge < -0.3 is 20.9 Å². The number of amides is 4. The molecule has 8 nitrogen and oxygen atoms in total. The van der Waals surface area contributed by atoms with Gasteiger partial charge in [0.2, 0.25) is 11.8 Å². The highest BCUT2D eigenvalue weighted by molar-refractivity contribution is 6.39. The first kappa shape index (κ1) is 25.7. The summed E-state index contributed by atoms with van der Waals surface area (Å²) in [6.07, 6.45) is -1.65. The number of carbonyl (C=O) groups excluding carboxylic acids is 4. The Morgan fingerprint density at radius 1 is 1.03 bits per heavy atom. The zero-order chi connectivity index (χ0) is 25.6. The molecule has 2 aromatic rings. The molecule has 1 aliphatic heterocycles. The van der Waals surface area contributed by atoms with Gasteiger partial charge in [0.25, 0.3) is 0 Å². The summed E-state index contributed by atoms with van der Waals surface area (Å²) in [5.41, 5.74) is 6.29. The van der Waals surface area contributed by atoms with Crippen LogP contribution in [0.5, 0.6) is 0 Å². The Morgan fingerprint density at radius 3 is 2.40 bits per heavy atom. The molecule has 0 radical (unpaired) electrons. The van der Waals surface area contributed by atoms with Crippen LogP contribution in [0.3, 0.4) is 0 Å². The number of nitrogens with one attached hydrogen (secondary N) is 1. The number of halogens is 3. The van der Waals surface area contributed by atoms with Crippen LogP contribution in [0.15, 0.2) is 48.5 Å². The minimum Gasteiger partial charge on any atom is -0.366 e. The Kier molecular flexibility index (Phi) is 8.10. The first-order valence-corrected chi connectivity index (χ1v) is 11.0. The van der Waals surface area contributed by atoms with Gasteiger partial charge in [-0.15, -0.1) is 0 Å². The van der Waals surface area contributed by atoms with Gasteiger partial charge in [-0.3, -0.25) is 19.2 Å². The van der Waals surface area contributed by atoms with Gasteiger partial charge in [0.1, 0.15) is 6.54 Å². The van der Waals surface area contributed by atoms with Crippen molar-refractivity contribution in [2.24, 2.45) is 5.73 Å². The summed E-state index contributed by atoms with van der Waals surface area (Å²) in [6.45, 7) is -1.63. The maximum Gasteiger partial charge on any atom is 0.406 e. The maximum atomic E-state index is 13.1. The van der Waals surface area contributed by atoms with E-state index >= 15 is 0 Å². The van der Waals surface area contributed by atoms with Crippen LogP contribution in [-0.4, -0.2) is 47.8 Å². The van der Waals surface area contributed by atoms with Gasteiger partial charge in [-0.2, -0.15) is 13.2 Å². The molecule has 3 rings (SSSR count). The Bertz CT molecular complexity index is 1100. The second-order valence-corrected chi connectivity index (χ2v) is 8.20. The van der Waals surface area contributed by atoms with Crippen molar-refractivity contribution in [2.45, 2.75) is 38.4 Å². The molecule has 1 heterocycles. The van der Waals surface area contributed by atoms with E-state index in [2.05, 4.69) is 5.32 Å². The van der Waals surface area contributed by atoms with E-state index in [9.17, 15) is 32.3 Å². The second-order valence-electron chi connectivity index (χ2n) is 8.20. The van der Waals surface area contributed by atoms with E-state index in [-0.39, 0.29) is 22.7 Å². The van der Waals surface area contributed by atoms with Gasteiger partial charge in [-0.25, -0.2) is 0 Å². The minimum atomic E-state index is -4.75. The SMILES string of the molecule is NC(=O)c1cccc(CN(CC(F)(F)F)C(=O)C(=O)Nc2ccc(N3CCCCCC3=O)cc2)c1. The number of carbonyl (C=O) groups is 4. The standard InChI is InChI=1S/C24H25F3N4O4/c25-24(26,27)15-30(14-16-5-4-6-17(13-16)21(28)33)23(35)22(34)29-18-8-10-19(11-9-18)31-12-3-1-2-7-20(31)32/h4-6,8-11,13H,1-3,7,12,14-15H2,(H2,28,33)(H,29,34). The first-order chi connectivity index (χ1) is 16.5. The summed E-state index contributed by atoms with van der Waals surface area (Å²) < 4.78 is 39.3. The highest BCUT2D eigenvalue weighted by Gasteiger charge is 2.35. The third-order valence-corrected chi connectivity index (χ3v) is 5.45. The Morgan fingerprint density at radius 2 is 1.74 bits per heavy atom. The number of primary amides is 1. The second kappa shape index (κ2) is 11.0. The molecule has 1 aliphatic rings. The first-order valence-electron chi connectivity index (χ1n) is 11.0. The number of nitrogens with two attached hydrogens (primary N) is 1. The van der Waals surface area contributed by atoms with Crippen molar-refractivity contribution in [3.8, 4) is 0 Å². The zero-order valence-electron chi connectivity index (χ0n) is 18.8. The fraction of sp³-hybridized carbons (Fsp3) is 0.333. The van der Waals surface area contributed by atoms with E-state index in [1.165, 1.54) is 36.4 Å². The topological polar surface area (TPSA) is 113 Å². The average molecular weight is 490 g/mol. The van der Waals surface area contributed by atoms with Crippen molar-refractivity contribution in [3.63, 3.8) is 0 Å². The zero-order valence-corrected chi connectivity index (χ0v) is 18.8. The van der Waals surface area contributed by atoms with Crippen molar-refractivity contribution in [3.05, 3.63) is 59.7 Å². The number of nitrogens with zero attached hydrogens (tertiary/aromatic N) is 2. The summed E-state index contributed by atoms with van der Waals surface area (Å²) in [4.78, 5) is 50.7. The monoisotopic (exact) mass is 490 g/mol. The molecular formula is C24H25F3N4O4. The van der Waals surface area contributed by atoms with Crippen LogP contribution >= 0.6 is 0 Å². The van der Waals surface area contributed by atoms with Crippen molar-refractivity contribution < 1.29 is 32.3 Å². The van der Waals surface area contributed by atoms with Crippen LogP contribution in [0.1, 0.15) is 41.6 Å². The number of benzene rings is 2. The van der Waals surface area contributed by atoms with Gasteiger partial charge in [-0.05, 0) is 54.8 Å². The Labute approximate surface area is 199 Å².